The number of aliphatic hydroxyl groups excluding tert-OH is 13. The second-order valence-electron chi connectivity index (χ2n) is 26.6. The zero-order chi connectivity index (χ0) is 58.9. The number of carbonyl (C=O) groups is 2. The summed E-state index contributed by atoms with van der Waals surface area (Å²) >= 11 is 0. The summed E-state index contributed by atoms with van der Waals surface area (Å²) in [6.45, 7) is 15.2. The topological polar surface area (TPSA) is 400 Å². The third kappa shape index (κ3) is 9.74. The lowest BCUT2D eigenvalue weighted by Crippen LogP contribution is -2.72. The summed E-state index contributed by atoms with van der Waals surface area (Å²) in [7, 11) is 0. The number of carboxylic acid groups (broad SMARTS) is 1. The van der Waals surface area contributed by atoms with Crippen LogP contribution in [0.3, 0.4) is 0 Å². The largest absolute Gasteiger partial charge is 0.479 e. The van der Waals surface area contributed by atoms with Crippen molar-refractivity contribution in [2.24, 2.45) is 50.2 Å². The molecule has 4 heterocycles. The lowest BCUT2D eigenvalue weighted by atomic mass is 9.33. The highest BCUT2D eigenvalue weighted by Gasteiger charge is 2.73. The molecule has 0 aromatic rings. The summed E-state index contributed by atoms with van der Waals surface area (Å²) in [5.41, 5.74) is -3.57. The number of allylic oxidation sites excluding steroid dienone is 2. The zero-order valence-electron chi connectivity index (χ0n) is 46.9. The molecule has 30 atom stereocenters. The Hall–Kier alpha value is -2.16. The second-order valence-corrected chi connectivity index (χ2v) is 26.6. The first-order valence-corrected chi connectivity index (χ1v) is 28.3. The fourth-order valence-corrected chi connectivity index (χ4v) is 17.0. The van der Waals surface area contributed by atoms with Crippen LogP contribution in [0.5, 0.6) is 0 Å². The molecular formula is C55H88O25. The quantitative estimate of drug-likeness (QED) is 0.0523. The van der Waals surface area contributed by atoms with Crippen LogP contribution in [0.4, 0.5) is 0 Å². The number of aliphatic hydroxyl groups is 13. The van der Waals surface area contributed by atoms with Crippen molar-refractivity contribution in [3.63, 3.8) is 0 Å². The van der Waals surface area contributed by atoms with Crippen molar-refractivity contribution in [1.29, 1.82) is 0 Å². The summed E-state index contributed by atoms with van der Waals surface area (Å²) in [6.07, 6.45) is -30.9. The molecule has 0 amide bonds. The van der Waals surface area contributed by atoms with E-state index in [1.807, 2.05) is 27.7 Å². The molecule has 3 unspecified atom stereocenters. The van der Waals surface area contributed by atoms with E-state index in [-0.39, 0.29) is 18.3 Å². The average molecular weight is 1150 g/mol. The molecule has 0 bridgehead atoms. The second kappa shape index (κ2) is 22.3. The SMILES string of the molecule is CC(=O)O[C@@H]1[C@@H](O)[C@@H](O)[C@H](O[C@H]2[C@H](O)[C@@]3(CO)C(CC2(C)C)C2=CCC4[C@@]5(C)CC[C@H](O[C@@H]6O[C@H](C(=O)O)[C@@H](O)[C@H](O[C@@H]7O[C@@H](CO)[C@H](O)[C@H]7O)[C@H]6O[C@@H]6O[C@H](CO)[C@H](O)[C@H](O)[C@H]6O)C(C)(C)C5CC[C@@]4(C)[C@]2(C)C[C@H]3O)O[C@H]1C. The Morgan fingerprint density at radius 2 is 1.20 bits per heavy atom. The number of rotatable bonds is 13. The molecule has 0 aromatic carbocycles. The predicted molar refractivity (Wildman–Crippen MR) is 270 cm³/mol. The molecule has 0 aromatic heterocycles. The van der Waals surface area contributed by atoms with Gasteiger partial charge in [0, 0.05) is 6.92 Å². The maximum Gasteiger partial charge on any atom is 0.335 e. The first kappa shape index (κ1) is 62.4. The minimum Gasteiger partial charge on any atom is -0.479 e. The van der Waals surface area contributed by atoms with Gasteiger partial charge in [-0.15, -0.1) is 0 Å². The molecule has 14 N–H and O–H groups in total. The van der Waals surface area contributed by atoms with Gasteiger partial charge in [0.25, 0.3) is 0 Å². The Bertz CT molecular complexity index is 2270. The summed E-state index contributed by atoms with van der Waals surface area (Å²) in [6, 6.07) is 0. The third-order valence-corrected chi connectivity index (χ3v) is 21.7. The molecule has 4 aliphatic heterocycles. The van der Waals surface area contributed by atoms with E-state index >= 15 is 0 Å². The van der Waals surface area contributed by atoms with Gasteiger partial charge in [0.1, 0.15) is 73.2 Å². The van der Waals surface area contributed by atoms with E-state index in [4.69, 9.17) is 42.6 Å². The maximum absolute atomic E-state index is 12.9. The first-order valence-electron chi connectivity index (χ1n) is 28.3. The molecule has 5 aliphatic carbocycles. The summed E-state index contributed by atoms with van der Waals surface area (Å²) in [4.78, 5) is 24.7. The van der Waals surface area contributed by atoms with Crippen molar-refractivity contribution in [2.45, 2.75) is 248 Å². The molecule has 4 saturated carbocycles. The summed E-state index contributed by atoms with van der Waals surface area (Å²) in [5.74, 6) is -2.91. The van der Waals surface area contributed by atoms with Gasteiger partial charge in [-0.05, 0) is 96.7 Å². The van der Waals surface area contributed by atoms with Crippen LogP contribution in [0.15, 0.2) is 11.6 Å². The Balaban J connectivity index is 0.991. The molecule has 0 spiro atoms. The smallest absolute Gasteiger partial charge is 0.335 e. The Morgan fingerprint density at radius 1 is 0.625 bits per heavy atom. The van der Waals surface area contributed by atoms with Crippen LogP contribution >= 0.6 is 0 Å². The van der Waals surface area contributed by atoms with Gasteiger partial charge < -0.3 is 114 Å². The van der Waals surface area contributed by atoms with E-state index in [1.165, 1.54) is 6.92 Å². The van der Waals surface area contributed by atoms with Gasteiger partial charge in [-0.3, -0.25) is 4.79 Å². The van der Waals surface area contributed by atoms with Crippen LogP contribution in [-0.4, -0.2) is 244 Å². The number of carbonyl (C=O) groups excluding carboxylic acids is 1. The lowest BCUT2D eigenvalue weighted by Gasteiger charge is -2.72. The molecular weight excluding hydrogens is 1060 g/mol. The van der Waals surface area contributed by atoms with Crippen LogP contribution in [0.25, 0.3) is 0 Å². The monoisotopic (exact) mass is 1150 g/mol. The van der Waals surface area contributed by atoms with E-state index in [9.17, 15) is 81.1 Å². The highest BCUT2D eigenvalue weighted by molar-refractivity contribution is 5.73. The molecule has 458 valence electrons. The van der Waals surface area contributed by atoms with E-state index in [2.05, 4.69) is 26.8 Å². The van der Waals surface area contributed by atoms with Crippen molar-refractivity contribution in [2.75, 3.05) is 19.8 Å². The van der Waals surface area contributed by atoms with Crippen LogP contribution in [-0.2, 0) is 52.2 Å². The fraction of sp³-hybridized carbons (Fsp3) is 0.927. The minimum atomic E-state index is -2.11. The van der Waals surface area contributed by atoms with Crippen LogP contribution in [0, 0.1) is 50.2 Å². The van der Waals surface area contributed by atoms with Gasteiger partial charge in [-0.25, -0.2) is 4.79 Å². The lowest BCUT2D eigenvalue weighted by molar-refractivity contribution is -0.386. The number of carboxylic acids is 1. The summed E-state index contributed by atoms with van der Waals surface area (Å²) in [5, 5.41) is 155. The molecule has 8 fully saturated rings. The van der Waals surface area contributed by atoms with Crippen LogP contribution in [0.2, 0.25) is 0 Å². The maximum atomic E-state index is 12.9. The standard InChI is InChI=1S/C55H88O25/c1-21-39(73-22(2)59)34(64)37(67)46(72-21)80-44-43(69)55(20-58)24(16-50(44,3)4)23-10-11-28-52(7)14-13-30(51(5,6)27(52)12-15-53(28,8)54(23,9)17-29(55)60)76-49-42(79-48-36(66)33(63)31(61)25(18-56)74-48)40(38(68)41(78-49)45(70)71)77-47-35(65)32(62)26(19-57)75-47/h10,21,24-44,46-49,56-58,60-69H,11-20H2,1-9H3,(H,70,71)/t21-,24?,25+,26-,27?,28?,29+,30-,31-,32-,33-,34-,35+,36+,37+,38-,39-,40-,41-,42+,43-,44-,46-,47-,48-,49+,52-,53+,54+,55-/m0/s1. The normalized spacial score (nSPS) is 53.5. The molecule has 25 nitrogen and oxygen atoms in total. The van der Waals surface area contributed by atoms with E-state index < -0.39 is 211 Å². The molecule has 25 heteroatoms. The van der Waals surface area contributed by atoms with Gasteiger partial charge in [0.2, 0.25) is 0 Å². The number of aliphatic carboxylic acids is 1. The fourth-order valence-electron chi connectivity index (χ4n) is 17.0. The first-order chi connectivity index (χ1) is 37.3. The number of hydrogen-bond donors (Lipinski definition) is 14. The van der Waals surface area contributed by atoms with Crippen LogP contribution in [0.1, 0.15) is 107 Å². The number of ether oxygens (including phenoxy) is 9. The highest BCUT2D eigenvalue weighted by atomic mass is 16.8. The van der Waals surface area contributed by atoms with Gasteiger partial charge in [0.15, 0.2) is 37.4 Å². The van der Waals surface area contributed by atoms with Crippen molar-refractivity contribution in [1.82, 2.24) is 0 Å². The molecule has 4 saturated heterocycles. The molecule has 80 heavy (non-hydrogen) atoms. The van der Waals surface area contributed by atoms with Crippen molar-refractivity contribution in [3.8, 4) is 0 Å². The van der Waals surface area contributed by atoms with Gasteiger partial charge in [-0.1, -0.05) is 60.1 Å². The van der Waals surface area contributed by atoms with E-state index in [1.54, 1.807) is 6.92 Å². The zero-order valence-corrected chi connectivity index (χ0v) is 46.9. The minimum absolute atomic E-state index is 0.0109. The number of hydrogen-bond acceptors (Lipinski definition) is 24. The Morgan fingerprint density at radius 3 is 1.79 bits per heavy atom. The van der Waals surface area contributed by atoms with E-state index in [0.29, 0.717) is 38.5 Å². The van der Waals surface area contributed by atoms with Gasteiger partial charge in [0.05, 0.1) is 55.8 Å². The van der Waals surface area contributed by atoms with Crippen molar-refractivity contribution < 1.29 is 124 Å². The average Bonchev–Trinajstić information content (AvgIpc) is 2.07. The molecule has 9 aliphatic rings. The van der Waals surface area contributed by atoms with Crippen molar-refractivity contribution in [3.05, 3.63) is 11.6 Å². The number of esters is 1. The van der Waals surface area contributed by atoms with Gasteiger partial charge in [-0.2, -0.15) is 0 Å². The highest BCUT2D eigenvalue weighted by Crippen LogP contribution is 2.76. The third-order valence-electron chi connectivity index (χ3n) is 21.7. The predicted octanol–water partition coefficient (Wildman–Crippen LogP) is -2.32. The Kier molecular flexibility index (Phi) is 17.4. The summed E-state index contributed by atoms with van der Waals surface area (Å²) < 4.78 is 54.1. The van der Waals surface area contributed by atoms with Crippen LogP contribution < -0.4 is 0 Å². The van der Waals surface area contributed by atoms with Gasteiger partial charge >= 0.3 is 11.9 Å². The molecule has 9 rings (SSSR count). The Labute approximate surface area is 464 Å². The molecule has 0 radical (unpaired) electrons. The van der Waals surface area contributed by atoms with Crippen molar-refractivity contribution >= 4 is 11.9 Å². The number of fused-ring (bicyclic) bond motifs is 7. The van der Waals surface area contributed by atoms with E-state index in [0.717, 1.165) is 5.57 Å².